The van der Waals surface area contributed by atoms with Gasteiger partial charge in [-0.1, -0.05) is 6.08 Å². The topological polar surface area (TPSA) is 40.2 Å². The predicted molar refractivity (Wildman–Crippen MR) is 43.2 cm³/mol. The first kappa shape index (κ1) is 7.94. The summed E-state index contributed by atoms with van der Waals surface area (Å²) in [6.45, 7) is 4.78. The van der Waals surface area contributed by atoms with Gasteiger partial charge in [0, 0.05) is 0 Å². The van der Waals surface area contributed by atoms with E-state index in [1.165, 1.54) is 0 Å². The second-order valence-corrected chi connectivity index (χ2v) is 3.53. The van der Waals surface area contributed by atoms with Crippen LogP contribution in [0.3, 0.4) is 0 Å². The van der Waals surface area contributed by atoms with Gasteiger partial charge in [0.1, 0.15) is 24.4 Å². The van der Waals surface area contributed by atoms with Crippen molar-refractivity contribution in [3.63, 3.8) is 0 Å². The molecule has 3 saturated heterocycles. The van der Waals surface area contributed by atoms with Crippen molar-refractivity contribution >= 4 is 0 Å². The van der Waals surface area contributed by atoms with Crippen molar-refractivity contribution in [2.45, 2.75) is 30.7 Å². The Balaban J connectivity index is 1.69. The SMILES string of the molecule is C=CCO[C@H]1[C@@H]2O[C@@H]2[C@@H]2OC[C@H]1O2. The first-order valence-electron chi connectivity index (χ1n) is 4.55. The molecule has 0 amide bonds. The van der Waals surface area contributed by atoms with Gasteiger partial charge in [0.05, 0.1) is 13.2 Å². The Labute approximate surface area is 76.4 Å². The molecule has 3 rings (SSSR count). The van der Waals surface area contributed by atoms with E-state index in [4.69, 9.17) is 18.9 Å². The summed E-state index contributed by atoms with van der Waals surface area (Å²) >= 11 is 0. The highest BCUT2D eigenvalue weighted by atomic mass is 16.8. The van der Waals surface area contributed by atoms with Crippen LogP contribution in [0.2, 0.25) is 0 Å². The maximum Gasteiger partial charge on any atom is 0.187 e. The fraction of sp³-hybridized carbons (Fsp3) is 0.778. The van der Waals surface area contributed by atoms with Gasteiger partial charge in [0.15, 0.2) is 6.29 Å². The maximum atomic E-state index is 5.57. The van der Waals surface area contributed by atoms with Gasteiger partial charge in [-0.2, -0.15) is 0 Å². The van der Waals surface area contributed by atoms with E-state index in [1.807, 2.05) is 0 Å². The quantitative estimate of drug-likeness (QED) is 0.460. The number of hydrogen-bond acceptors (Lipinski definition) is 4. The van der Waals surface area contributed by atoms with E-state index in [0.717, 1.165) is 0 Å². The van der Waals surface area contributed by atoms with E-state index >= 15 is 0 Å². The van der Waals surface area contributed by atoms with Crippen molar-refractivity contribution in [1.82, 2.24) is 0 Å². The molecule has 13 heavy (non-hydrogen) atoms. The highest BCUT2D eigenvalue weighted by Gasteiger charge is 2.61. The van der Waals surface area contributed by atoms with Crippen molar-refractivity contribution in [2.24, 2.45) is 0 Å². The van der Waals surface area contributed by atoms with E-state index < -0.39 is 0 Å². The highest BCUT2D eigenvalue weighted by molar-refractivity contribution is 5.04. The summed E-state index contributed by atoms with van der Waals surface area (Å²) in [5, 5.41) is 0. The first-order valence-corrected chi connectivity index (χ1v) is 4.55. The van der Waals surface area contributed by atoms with Gasteiger partial charge in [0.2, 0.25) is 0 Å². The maximum absolute atomic E-state index is 5.57. The molecule has 72 valence electrons. The smallest absolute Gasteiger partial charge is 0.187 e. The van der Waals surface area contributed by atoms with Crippen LogP contribution in [0.4, 0.5) is 0 Å². The number of fused-ring (bicyclic) bond motifs is 4. The average Bonchev–Trinajstić information content (AvgIpc) is 2.82. The molecule has 4 heteroatoms. The summed E-state index contributed by atoms with van der Waals surface area (Å²) in [6.07, 6.45) is 1.97. The van der Waals surface area contributed by atoms with Crippen molar-refractivity contribution in [3.05, 3.63) is 12.7 Å². The summed E-state index contributed by atoms with van der Waals surface area (Å²) in [6, 6.07) is 0. The van der Waals surface area contributed by atoms with E-state index in [9.17, 15) is 0 Å². The molecule has 3 fully saturated rings. The zero-order valence-corrected chi connectivity index (χ0v) is 7.22. The lowest BCUT2D eigenvalue weighted by molar-refractivity contribution is -0.115. The molecule has 0 aliphatic carbocycles. The number of rotatable bonds is 3. The minimum atomic E-state index is -0.140. The number of epoxide rings is 1. The highest BCUT2D eigenvalue weighted by Crippen LogP contribution is 2.42. The Morgan fingerprint density at radius 3 is 3.15 bits per heavy atom. The van der Waals surface area contributed by atoms with Crippen molar-refractivity contribution in [1.29, 1.82) is 0 Å². The molecule has 0 radical (unpaired) electrons. The summed E-state index contributed by atoms with van der Waals surface area (Å²) in [7, 11) is 0. The Morgan fingerprint density at radius 2 is 2.31 bits per heavy atom. The lowest BCUT2D eigenvalue weighted by Crippen LogP contribution is -2.41. The predicted octanol–water partition coefficient (Wildman–Crippen LogP) is 0.0801. The van der Waals surface area contributed by atoms with Crippen LogP contribution in [0, 0.1) is 0 Å². The van der Waals surface area contributed by atoms with Crippen LogP contribution in [0.1, 0.15) is 0 Å². The Morgan fingerprint density at radius 1 is 1.38 bits per heavy atom. The Bertz CT molecular complexity index is 230. The normalized spacial score (nSPS) is 51.5. The Hall–Kier alpha value is -0.420. The van der Waals surface area contributed by atoms with Crippen LogP contribution >= 0.6 is 0 Å². The first-order chi connectivity index (χ1) is 6.40. The third-order valence-corrected chi connectivity index (χ3v) is 2.66. The number of hydrogen-bond donors (Lipinski definition) is 0. The molecule has 0 spiro atoms. The minimum absolute atomic E-state index is 0.0294. The molecule has 4 nitrogen and oxygen atoms in total. The monoisotopic (exact) mass is 184 g/mol. The molecule has 2 bridgehead atoms. The van der Waals surface area contributed by atoms with Gasteiger partial charge >= 0.3 is 0 Å². The summed E-state index contributed by atoms with van der Waals surface area (Å²) in [5.74, 6) is 0. The fourth-order valence-electron chi connectivity index (χ4n) is 2.00. The lowest BCUT2D eigenvalue weighted by Gasteiger charge is -2.23. The Kier molecular flexibility index (Phi) is 1.70. The molecule has 3 aliphatic rings. The molecule has 0 aromatic rings. The molecule has 0 unspecified atom stereocenters. The molecule has 5 atom stereocenters. The third-order valence-electron chi connectivity index (χ3n) is 2.66. The standard InChI is InChI=1S/C9H12O4/c1-2-3-10-6-5-4-11-9(12-5)8-7(6)13-8/h2,5-9H,1,3-4H2/t5-,6-,7+,8+,9-/m1/s1. The molecule has 0 saturated carbocycles. The molecule has 0 aromatic heterocycles. The van der Waals surface area contributed by atoms with E-state index in [1.54, 1.807) is 6.08 Å². The second-order valence-electron chi connectivity index (χ2n) is 3.53. The summed E-state index contributed by atoms with van der Waals surface area (Å²) in [5.41, 5.74) is 0. The van der Waals surface area contributed by atoms with Gasteiger partial charge in [-0.3, -0.25) is 0 Å². The van der Waals surface area contributed by atoms with Gasteiger partial charge in [-0.25, -0.2) is 0 Å². The summed E-state index contributed by atoms with van der Waals surface area (Å²) in [4.78, 5) is 0. The zero-order chi connectivity index (χ0) is 8.84. The van der Waals surface area contributed by atoms with E-state index in [0.29, 0.717) is 13.2 Å². The van der Waals surface area contributed by atoms with Crippen LogP contribution in [0.25, 0.3) is 0 Å². The molecule has 3 heterocycles. The van der Waals surface area contributed by atoms with E-state index in [2.05, 4.69) is 6.58 Å². The van der Waals surface area contributed by atoms with Crippen LogP contribution in [-0.2, 0) is 18.9 Å². The summed E-state index contributed by atoms with van der Waals surface area (Å²) < 4.78 is 21.9. The van der Waals surface area contributed by atoms with Crippen molar-refractivity contribution in [3.8, 4) is 0 Å². The van der Waals surface area contributed by atoms with Gasteiger partial charge < -0.3 is 18.9 Å². The zero-order valence-electron chi connectivity index (χ0n) is 7.22. The largest absolute Gasteiger partial charge is 0.369 e. The van der Waals surface area contributed by atoms with Crippen LogP contribution in [0.15, 0.2) is 12.7 Å². The molecule has 0 aromatic carbocycles. The van der Waals surface area contributed by atoms with Crippen molar-refractivity contribution < 1.29 is 18.9 Å². The minimum Gasteiger partial charge on any atom is -0.369 e. The molecular formula is C9H12O4. The van der Waals surface area contributed by atoms with Crippen molar-refractivity contribution in [2.75, 3.05) is 13.2 Å². The second kappa shape index (κ2) is 2.78. The van der Waals surface area contributed by atoms with E-state index in [-0.39, 0.29) is 30.7 Å². The molecule has 3 aliphatic heterocycles. The van der Waals surface area contributed by atoms with Gasteiger partial charge in [0.25, 0.3) is 0 Å². The molecular weight excluding hydrogens is 172 g/mol. The number of ether oxygens (including phenoxy) is 4. The van der Waals surface area contributed by atoms with Crippen LogP contribution < -0.4 is 0 Å². The molecule has 0 N–H and O–H groups in total. The third kappa shape index (κ3) is 1.14. The van der Waals surface area contributed by atoms with Crippen LogP contribution in [-0.4, -0.2) is 43.9 Å². The average molecular weight is 184 g/mol. The lowest BCUT2D eigenvalue weighted by atomic mass is 10.1. The van der Waals surface area contributed by atoms with Crippen LogP contribution in [0.5, 0.6) is 0 Å². The fourth-order valence-corrected chi connectivity index (χ4v) is 2.00. The van der Waals surface area contributed by atoms with Gasteiger partial charge in [-0.05, 0) is 0 Å². The van der Waals surface area contributed by atoms with Gasteiger partial charge in [-0.15, -0.1) is 6.58 Å².